The summed E-state index contributed by atoms with van der Waals surface area (Å²) in [6.07, 6.45) is 4.23. The van der Waals surface area contributed by atoms with E-state index in [-0.39, 0.29) is 0 Å². The van der Waals surface area contributed by atoms with Crippen molar-refractivity contribution < 1.29 is 0 Å². The van der Waals surface area contributed by atoms with Gasteiger partial charge in [0.1, 0.15) is 5.66 Å². The molecule has 0 aliphatic heterocycles. The first-order chi connectivity index (χ1) is 13.1. The minimum Gasteiger partial charge on any atom is -0.306 e. The van der Waals surface area contributed by atoms with Crippen molar-refractivity contribution in [1.29, 1.82) is 0 Å². The summed E-state index contributed by atoms with van der Waals surface area (Å²) in [4.78, 5) is 0. The Morgan fingerprint density at radius 3 is 1.93 bits per heavy atom. The molecule has 2 aliphatic carbocycles. The average molecular weight is 348 g/mol. The average Bonchev–Trinajstić information content (AvgIpc) is 3.09. The van der Waals surface area contributed by atoms with E-state index in [2.05, 4.69) is 60.7 Å². The second-order valence-corrected chi connectivity index (χ2v) is 7.12. The summed E-state index contributed by atoms with van der Waals surface area (Å²) in [5, 5.41) is 2.29. The molecule has 0 spiro atoms. The van der Waals surface area contributed by atoms with Crippen molar-refractivity contribution in [2.24, 2.45) is 11.5 Å². The fourth-order valence-electron chi connectivity index (χ4n) is 4.18. The van der Waals surface area contributed by atoms with E-state index < -0.39 is 5.66 Å². The molecule has 2 aliphatic rings. The first kappa shape index (κ1) is 16.0. The highest BCUT2D eigenvalue weighted by molar-refractivity contribution is 6.17. The number of nitrogens with two attached hydrogens (primary N) is 2. The standard InChI is InChI=1S/C25H20N2/c26-25(27)16-22(17-9-3-1-4-10-17)23(18-11-5-2-6-12-18)21-15-19-13-7-8-14-20(19)24(21)25/h1-16H,26-27H2. The van der Waals surface area contributed by atoms with E-state index in [0.29, 0.717) is 0 Å². The highest BCUT2D eigenvalue weighted by Crippen LogP contribution is 2.44. The van der Waals surface area contributed by atoms with E-state index in [1.165, 1.54) is 16.4 Å². The van der Waals surface area contributed by atoms with Crippen LogP contribution in [0.5, 0.6) is 0 Å². The topological polar surface area (TPSA) is 52.0 Å². The van der Waals surface area contributed by atoms with Crippen molar-refractivity contribution >= 4 is 22.8 Å². The molecule has 0 amide bonds. The molecule has 5 rings (SSSR count). The zero-order valence-electron chi connectivity index (χ0n) is 14.9. The van der Waals surface area contributed by atoms with Crippen LogP contribution in [0.2, 0.25) is 0 Å². The van der Waals surface area contributed by atoms with Crippen molar-refractivity contribution in [3.8, 4) is 0 Å². The molecule has 0 atom stereocenters. The highest BCUT2D eigenvalue weighted by Gasteiger charge is 2.35. The zero-order valence-corrected chi connectivity index (χ0v) is 14.9. The lowest BCUT2D eigenvalue weighted by Crippen LogP contribution is -2.52. The van der Waals surface area contributed by atoms with E-state index >= 15 is 0 Å². The molecule has 0 unspecified atom stereocenters. The number of hydrogen-bond acceptors (Lipinski definition) is 2. The predicted molar refractivity (Wildman–Crippen MR) is 112 cm³/mol. The zero-order chi connectivity index (χ0) is 18.4. The van der Waals surface area contributed by atoms with Crippen LogP contribution in [-0.2, 0) is 0 Å². The van der Waals surface area contributed by atoms with Gasteiger partial charge in [0, 0.05) is 5.57 Å². The summed E-state index contributed by atoms with van der Waals surface area (Å²) >= 11 is 0. The normalized spacial score (nSPS) is 17.1. The quantitative estimate of drug-likeness (QED) is 0.700. The Labute approximate surface area is 158 Å². The summed E-state index contributed by atoms with van der Waals surface area (Å²) in [6, 6.07) is 29.1. The maximum absolute atomic E-state index is 6.66. The van der Waals surface area contributed by atoms with Crippen LogP contribution in [0.1, 0.15) is 11.1 Å². The minimum absolute atomic E-state index is 0.997. The van der Waals surface area contributed by atoms with Gasteiger partial charge in [0.25, 0.3) is 0 Å². The molecule has 0 bridgehead atoms. The molecule has 3 aromatic carbocycles. The predicted octanol–water partition coefficient (Wildman–Crippen LogP) is 2.80. The van der Waals surface area contributed by atoms with Crippen LogP contribution in [0.15, 0.2) is 96.6 Å². The van der Waals surface area contributed by atoms with Gasteiger partial charge in [-0.1, -0.05) is 84.9 Å². The molecule has 0 radical (unpaired) electrons. The van der Waals surface area contributed by atoms with Crippen LogP contribution < -0.4 is 21.9 Å². The minimum atomic E-state index is -1.03. The summed E-state index contributed by atoms with van der Waals surface area (Å²) in [7, 11) is 0. The van der Waals surface area contributed by atoms with Crippen molar-refractivity contribution in [3.63, 3.8) is 0 Å². The molecule has 130 valence electrons. The molecule has 2 heteroatoms. The molecular weight excluding hydrogens is 328 g/mol. The SMILES string of the molecule is NC1(N)C=C(c2ccccc2)C(c2ccccc2)=C2C=c3ccccc3=C21. The van der Waals surface area contributed by atoms with Gasteiger partial charge in [-0.05, 0) is 50.4 Å². The van der Waals surface area contributed by atoms with Gasteiger partial charge in [-0.2, -0.15) is 0 Å². The fraction of sp³-hybridized carbons (Fsp3) is 0.0400. The summed E-state index contributed by atoms with van der Waals surface area (Å²) < 4.78 is 0. The molecule has 0 saturated heterocycles. The Bertz CT molecular complexity index is 1210. The lowest BCUT2D eigenvalue weighted by Gasteiger charge is -2.33. The Morgan fingerprint density at radius 2 is 1.22 bits per heavy atom. The van der Waals surface area contributed by atoms with Gasteiger partial charge in [0.2, 0.25) is 0 Å². The molecule has 0 heterocycles. The third-order valence-corrected chi connectivity index (χ3v) is 5.30. The first-order valence-corrected chi connectivity index (χ1v) is 9.13. The molecule has 0 saturated carbocycles. The number of hydrogen-bond donors (Lipinski definition) is 2. The lowest BCUT2D eigenvalue weighted by atomic mass is 9.77. The van der Waals surface area contributed by atoms with Crippen LogP contribution in [0, 0.1) is 0 Å². The Balaban J connectivity index is 1.90. The molecule has 0 fully saturated rings. The Kier molecular flexibility index (Phi) is 3.51. The van der Waals surface area contributed by atoms with Gasteiger partial charge in [0.05, 0.1) is 0 Å². The Hall–Kier alpha value is -3.20. The number of allylic oxidation sites excluding steroid dienone is 2. The number of benzene rings is 3. The van der Waals surface area contributed by atoms with Gasteiger partial charge in [-0.3, -0.25) is 0 Å². The number of rotatable bonds is 2. The van der Waals surface area contributed by atoms with Crippen LogP contribution in [0.25, 0.3) is 22.8 Å². The van der Waals surface area contributed by atoms with Crippen LogP contribution in [-0.4, -0.2) is 5.66 Å². The molecular formula is C25H20N2. The number of fused-ring (bicyclic) bond motifs is 2. The third-order valence-electron chi connectivity index (χ3n) is 5.30. The molecule has 27 heavy (non-hydrogen) atoms. The van der Waals surface area contributed by atoms with Crippen LogP contribution in [0.3, 0.4) is 0 Å². The molecule has 0 aromatic heterocycles. The van der Waals surface area contributed by atoms with Crippen LogP contribution >= 0.6 is 0 Å². The molecule has 2 nitrogen and oxygen atoms in total. The van der Waals surface area contributed by atoms with Gasteiger partial charge in [0.15, 0.2) is 0 Å². The summed E-state index contributed by atoms with van der Waals surface area (Å²) in [5.41, 5.74) is 18.9. The molecule has 4 N–H and O–H groups in total. The van der Waals surface area contributed by atoms with E-state index in [1.54, 1.807) is 0 Å². The maximum Gasteiger partial charge on any atom is 0.111 e. The van der Waals surface area contributed by atoms with Gasteiger partial charge < -0.3 is 11.5 Å². The lowest BCUT2D eigenvalue weighted by molar-refractivity contribution is 0.712. The largest absolute Gasteiger partial charge is 0.306 e. The van der Waals surface area contributed by atoms with Gasteiger partial charge in [-0.15, -0.1) is 0 Å². The van der Waals surface area contributed by atoms with Gasteiger partial charge in [-0.25, -0.2) is 0 Å². The van der Waals surface area contributed by atoms with E-state index in [0.717, 1.165) is 27.5 Å². The third kappa shape index (κ3) is 2.50. The molecule has 3 aromatic rings. The Morgan fingerprint density at radius 1 is 0.630 bits per heavy atom. The van der Waals surface area contributed by atoms with E-state index in [9.17, 15) is 0 Å². The van der Waals surface area contributed by atoms with Crippen molar-refractivity contribution in [3.05, 3.63) is 118 Å². The first-order valence-electron chi connectivity index (χ1n) is 9.13. The monoisotopic (exact) mass is 348 g/mol. The van der Waals surface area contributed by atoms with E-state index in [4.69, 9.17) is 11.5 Å². The maximum atomic E-state index is 6.66. The van der Waals surface area contributed by atoms with Crippen molar-refractivity contribution in [1.82, 2.24) is 0 Å². The smallest absolute Gasteiger partial charge is 0.111 e. The van der Waals surface area contributed by atoms with Crippen LogP contribution in [0.4, 0.5) is 0 Å². The second kappa shape index (κ2) is 5.92. The van der Waals surface area contributed by atoms with Crippen molar-refractivity contribution in [2.45, 2.75) is 5.66 Å². The summed E-state index contributed by atoms with van der Waals surface area (Å²) in [5.74, 6) is 0. The summed E-state index contributed by atoms with van der Waals surface area (Å²) in [6.45, 7) is 0. The van der Waals surface area contributed by atoms with Gasteiger partial charge >= 0.3 is 0 Å². The van der Waals surface area contributed by atoms with E-state index in [1.807, 2.05) is 36.4 Å². The highest BCUT2D eigenvalue weighted by atomic mass is 15.0. The second-order valence-electron chi connectivity index (χ2n) is 7.12. The fourth-order valence-corrected chi connectivity index (χ4v) is 4.18. The van der Waals surface area contributed by atoms with Crippen molar-refractivity contribution in [2.75, 3.05) is 0 Å².